The SMILES string of the molecule is O=C(C=Cc1ccsc1)N1CC2CC(C1)c1cccc(=O)n1C2. The number of thiophene rings is 1. The summed E-state index contributed by atoms with van der Waals surface area (Å²) in [6.07, 6.45) is 4.62. The fourth-order valence-electron chi connectivity index (χ4n) is 3.72. The molecule has 4 rings (SSSR count). The summed E-state index contributed by atoms with van der Waals surface area (Å²) in [5.41, 5.74) is 2.22. The van der Waals surface area contributed by atoms with E-state index in [2.05, 4.69) is 0 Å². The van der Waals surface area contributed by atoms with Gasteiger partial charge in [-0.1, -0.05) is 6.07 Å². The van der Waals surface area contributed by atoms with Crippen LogP contribution in [0.4, 0.5) is 0 Å². The van der Waals surface area contributed by atoms with E-state index in [0.29, 0.717) is 12.5 Å². The second-order valence-electron chi connectivity index (χ2n) is 6.33. The summed E-state index contributed by atoms with van der Waals surface area (Å²) in [6, 6.07) is 7.47. The molecule has 1 fully saturated rings. The lowest BCUT2D eigenvalue weighted by molar-refractivity contribution is -0.128. The minimum atomic E-state index is 0.0672. The van der Waals surface area contributed by atoms with E-state index in [1.165, 1.54) is 0 Å². The summed E-state index contributed by atoms with van der Waals surface area (Å²) >= 11 is 1.63. The van der Waals surface area contributed by atoms with Crippen molar-refractivity contribution < 1.29 is 4.79 Å². The van der Waals surface area contributed by atoms with E-state index in [1.807, 2.05) is 44.5 Å². The molecule has 2 aliphatic rings. The molecule has 0 aliphatic carbocycles. The first-order chi connectivity index (χ1) is 11.2. The topological polar surface area (TPSA) is 42.3 Å². The van der Waals surface area contributed by atoms with Gasteiger partial charge in [-0.25, -0.2) is 0 Å². The maximum atomic E-state index is 12.5. The number of carbonyl (C=O) groups is 1. The van der Waals surface area contributed by atoms with Crippen LogP contribution in [0.3, 0.4) is 0 Å². The van der Waals surface area contributed by atoms with Gasteiger partial charge in [-0.15, -0.1) is 0 Å². The van der Waals surface area contributed by atoms with Crippen LogP contribution >= 0.6 is 11.3 Å². The molecule has 4 nitrogen and oxygen atoms in total. The van der Waals surface area contributed by atoms with Crippen molar-refractivity contribution in [1.29, 1.82) is 0 Å². The molecule has 23 heavy (non-hydrogen) atoms. The van der Waals surface area contributed by atoms with Crippen LogP contribution in [-0.4, -0.2) is 28.5 Å². The Kier molecular flexibility index (Phi) is 3.65. The van der Waals surface area contributed by atoms with E-state index in [4.69, 9.17) is 0 Å². The van der Waals surface area contributed by atoms with Crippen molar-refractivity contribution in [3.8, 4) is 0 Å². The Bertz CT molecular complexity index is 807. The molecule has 2 atom stereocenters. The molecule has 118 valence electrons. The van der Waals surface area contributed by atoms with Crippen molar-refractivity contribution in [2.75, 3.05) is 13.1 Å². The van der Waals surface area contributed by atoms with Crippen LogP contribution in [0.1, 0.15) is 23.6 Å². The molecule has 0 aromatic carbocycles. The van der Waals surface area contributed by atoms with E-state index >= 15 is 0 Å². The molecule has 0 saturated carbocycles. The Morgan fingerprint density at radius 1 is 1.22 bits per heavy atom. The van der Waals surface area contributed by atoms with Gasteiger partial charge in [-0.2, -0.15) is 11.3 Å². The van der Waals surface area contributed by atoms with Gasteiger partial charge in [0.05, 0.1) is 0 Å². The Balaban J connectivity index is 1.54. The van der Waals surface area contributed by atoms with Crippen LogP contribution < -0.4 is 5.56 Å². The fraction of sp³-hybridized carbons (Fsp3) is 0.333. The number of fused-ring (bicyclic) bond motifs is 4. The number of likely N-dealkylation sites (tertiary alicyclic amines) is 1. The van der Waals surface area contributed by atoms with Gasteiger partial charge in [-0.3, -0.25) is 9.59 Å². The highest BCUT2D eigenvalue weighted by atomic mass is 32.1. The lowest BCUT2D eigenvalue weighted by atomic mass is 9.83. The third-order valence-electron chi connectivity index (χ3n) is 4.75. The van der Waals surface area contributed by atoms with Gasteiger partial charge in [-0.05, 0) is 46.9 Å². The number of pyridine rings is 1. The molecule has 2 aromatic rings. The highest BCUT2D eigenvalue weighted by molar-refractivity contribution is 7.08. The highest BCUT2D eigenvalue weighted by Crippen LogP contribution is 2.34. The molecule has 1 amide bonds. The predicted molar refractivity (Wildman–Crippen MR) is 91.5 cm³/mol. The Morgan fingerprint density at radius 2 is 2.13 bits per heavy atom. The molecule has 0 spiro atoms. The molecule has 2 aliphatic heterocycles. The van der Waals surface area contributed by atoms with Gasteiger partial charge in [0.15, 0.2) is 0 Å². The van der Waals surface area contributed by atoms with Gasteiger partial charge < -0.3 is 9.47 Å². The number of piperidine rings is 1. The summed E-state index contributed by atoms with van der Waals surface area (Å²) < 4.78 is 1.89. The van der Waals surface area contributed by atoms with Gasteiger partial charge in [0.2, 0.25) is 5.91 Å². The summed E-state index contributed by atoms with van der Waals surface area (Å²) in [6.45, 7) is 2.17. The number of carbonyl (C=O) groups excluding carboxylic acids is 1. The Labute approximate surface area is 138 Å². The standard InChI is InChI=1S/C18H18N2O2S/c21-17(5-4-13-6-7-23-12-13)19-9-14-8-15(11-19)16-2-1-3-18(22)20(16)10-14/h1-7,12,14-15H,8-11H2. The number of nitrogens with zero attached hydrogens (tertiary/aromatic N) is 2. The first-order valence-electron chi connectivity index (χ1n) is 7.89. The quantitative estimate of drug-likeness (QED) is 0.796. The molecule has 0 radical (unpaired) electrons. The zero-order chi connectivity index (χ0) is 15.8. The zero-order valence-electron chi connectivity index (χ0n) is 12.7. The molecular weight excluding hydrogens is 308 g/mol. The van der Waals surface area contributed by atoms with E-state index in [0.717, 1.165) is 30.8 Å². The maximum Gasteiger partial charge on any atom is 0.250 e. The van der Waals surface area contributed by atoms with Crippen molar-refractivity contribution >= 4 is 23.3 Å². The average Bonchev–Trinajstić information content (AvgIpc) is 3.07. The van der Waals surface area contributed by atoms with E-state index < -0.39 is 0 Å². The van der Waals surface area contributed by atoms with Gasteiger partial charge in [0.1, 0.15) is 0 Å². The van der Waals surface area contributed by atoms with Crippen LogP contribution in [0.2, 0.25) is 0 Å². The largest absolute Gasteiger partial charge is 0.338 e. The molecule has 5 heteroatoms. The Hall–Kier alpha value is -2.14. The van der Waals surface area contributed by atoms with Crippen molar-refractivity contribution in [2.24, 2.45) is 5.92 Å². The summed E-state index contributed by atoms with van der Waals surface area (Å²) in [4.78, 5) is 26.4. The van der Waals surface area contributed by atoms with Crippen molar-refractivity contribution in [1.82, 2.24) is 9.47 Å². The van der Waals surface area contributed by atoms with E-state index in [9.17, 15) is 9.59 Å². The third-order valence-corrected chi connectivity index (χ3v) is 5.45. The van der Waals surface area contributed by atoms with Crippen molar-refractivity contribution in [2.45, 2.75) is 18.9 Å². The van der Waals surface area contributed by atoms with Crippen LogP contribution in [0.25, 0.3) is 6.08 Å². The van der Waals surface area contributed by atoms with Crippen LogP contribution in [0, 0.1) is 5.92 Å². The van der Waals surface area contributed by atoms with Crippen LogP contribution in [-0.2, 0) is 11.3 Å². The first kappa shape index (κ1) is 14.5. The van der Waals surface area contributed by atoms with Crippen LogP contribution in [0.5, 0.6) is 0 Å². The maximum absolute atomic E-state index is 12.5. The minimum Gasteiger partial charge on any atom is -0.338 e. The lowest BCUT2D eigenvalue weighted by Gasteiger charge is -2.42. The van der Waals surface area contributed by atoms with Crippen LogP contribution in [0.15, 0.2) is 45.9 Å². The molecule has 2 bridgehead atoms. The van der Waals surface area contributed by atoms with Gasteiger partial charge in [0.25, 0.3) is 5.56 Å². The number of aromatic nitrogens is 1. The average molecular weight is 326 g/mol. The fourth-order valence-corrected chi connectivity index (χ4v) is 4.35. The number of hydrogen-bond donors (Lipinski definition) is 0. The first-order valence-corrected chi connectivity index (χ1v) is 8.84. The van der Waals surface area contributed by atoms with Gasteiger partial charge in [0, 0.05) is 43.4 Å². The molecule has 2 unspecified atom stereocenters. The van der Waals surface area contributed by atoms with Crippen molar-refractivity contribution in [3.05, 3.63) is 62.7 Å². The monoisotopic (exact) mass is 326 g/mol. The molecule has 0 N–H and O–H groups in total. The minimum absolute atomic E-state index is 0.0672. The van der Waals surface area contributed by atoms with E-state index in [1.54, 1.807) is 23.5 Å². The van der Waals surface area contributed by atoms with E-state index in [-0.39, 0.29) is 17.4 Å². The second kappa shape index (κ2) is 5.81. The third kappa shape index (κ3) is 2.77. The summed E-state index contributed by atoms with van der Waals surface area (Å²) in [5, 5.41) is 4.03. The molecule has 2 aromatic heterocycles. The molecular formula is C18H18N2O2S. The summed E-state index contributed by atoms with van der Waals surface area (Å²) in [7, 11) is 0. The number of hydrogen-bond acceptors (Lipinski definition) is 3. The normalized spacial score (nSPS) is 23.0. The summed E-state index contributed by atoms with van der Waals surface area (Å²) in [5.74, 6) is 0.715. The number of rotatable bonds is 2. The number of amides is 1. The Morgan fingerprint density at radius 3 is 2.96 bits per heavy atom. The molecule has 1 saturated heterocycles. The second-order valence-corrected chi connectivity index (χ2v) is 7.11. The van der Waals surface area contributed by atoms with Crippen molar-refractivity contribution in [3.63, 3.8) is 0 Å². The lowest BCUT2D eigenvalue weighted by Crippen LogP contribution is -2.48. The molecule has 4 heterocycles. The smallest absolute Gasteiger partial charge is 0.250 e. The predicted octanol–water partition coefficient (Wildman–Crippen LogP) is 2.57. The van der Waals surface area contributed by atoms with Gasteiger partial charge >= 0.3 is 0 Å². The highest BCUT2D eigenvalue weighted by Gasteiger charge is 2.35. The zero-order valence-corrected chi connectivity index (χ0v) is 13.5.